The minimum Gasteiger partial charge on any atom is -0.391 e. The number of urea groups is 1. The van der Waals surface area contributed by atoms with Gasteiger partial charge >= 0.3 is 6.03 Å². The number of hydrogen-bond donors (Lipinski definition) is 2. The number of piperidine rings is 1. The van der Waals surface area contributed by atoms with Crippen molar-refractivity contribution in [2.45, 2.75) is 32.8 Å². The van der Waals surface area contributed by atoms with Gasteiger partial charge in [-0.05, 0) is 44.9 Å². The molecule has 7 heteroatoms. The molecule has 2 aromatic rings. The predicted molar refractivity (Wildman–Crippen MR) is 86.7 cm³/mol. The van der Waals surface area contributed by atoms with Gasteiger partial charge in [-0.3, -0.25) is 0 Å². The SMILES string of the molecule is Cc1cc(C)n(-c2ccc(NC(=O)N3CCCC(O)C3)cn2)n1. The number of nitrogens with one attached hydrogen (secondary N) is 1. The fraction of sp³-hybridized carbons (Fsp3) is 0.438. The predicted octanol–water partition coefficient (Wildman–Crippen LogP) is 1.87. The Labute approximate surface area is 134 Å². The van der Waals surface area contributed by atoms with Crippen LogP contribution in [-0.4, -0.2) is 50.0 Å². The number of carbonyl (C=O) groups is 1. The number of rotatable bonds is 2. The molecule has 2 N–H and O–H groups in total. The summed E-state index contributed by atoms with van der Waals surface area (Å²) in [6.45, 7) is 4.95. The van der Waals surface area contributed by atoms with Crippen molar-refractivity contribution >= 4 is 11.7 Å². The van der Waals surface area contributed by atoms with E-state index >= 15 is 0 Å². The summed E-state index contributed by atoms with van der Waals surface area (Å²) in [4.78, 5) is 18.2. The van der Waals surface area contributed by atoms with E-state index in [1.54, 1.807) is 21.8 Å². The zero-order valence-electron chi connectivity index (χ0n) is 13.4. The third-order valence-corrected chi connectivity index (χ3v) is 3.91. The van der Waals surface area contributed by atoms with Gasteiger partial charge in [-0.2, -0.15) is 5.10 Å². The van der Waals surface area contributed by atoms with Gasteiger partial charge in [0, 0.05) is 18.8 Å². The van der Waals surface area contributed by atoms with Crippen LogP contribution in [0.2, 0.25) is 0 Å². The number of β-amino-alcohol motifs (C(OH)–C–C–N with tert-alkyl or cyclic N) is 1. The third kappa shape index (κ3) is 3.50. The van der Waals surface area contributed by atoms with E-state index in [9.17, 15) is 9.90 Å². The molecule has 122 valence electrons. The lowest BCUT2D eigenvalue weighted by Gasteiger charge is -2.30. The molecular formula is C16H21N5O2. The number of aryl methyl sites for hydroxylation is 2. The molecule has 0 aliphatic carbocycles. The summed E-state index contributed by atoms with van der Waals surface area (Å²) in [7, 11) is 0. The number of amides is 2. The van der Waals surface area contributed by atoms with E-state index in [2.05, 4.69) is 15.4 Å². The number of aromatic nitrogens is 3. The Hall–Kier alpha value is -2.41. The van der Waals surface area contributed by atoms with Gasteiger partial charge in [0.2, 0.25) is 0 Å². The molecule has 3 rings (SSSR count). The van der Waals surface area contributed by atoms with E-state index in [-0.39, 0.29) is 6.03 Å². The quantitative estimate of drug-likeness (QED) is 0.886. The lowest BCUT2D eigenvalue weighted by Crippen LogP contribution is -2.44. The van der Waals surface area contributed by atoms with Gasteiger partial charge in [-0.25, -0.2) is 14.5 Å². The first-order valence-electron chi connectivity index (χ1n) is 7.76. The molecule has 7 nitrogen and oxygen atoms in total. The van der Waals surface area contributed by atoms with Crippen LogP contribution in [0.15, 0.2) is 24.4 Å². The zero-order chi connectivity index (χ0) is 16.4. The number of nitrogens with zero attached hydrogens (tertiary/aromatic N) is 4. The second-order valence-corrected chi connectivity index (χ2v) is 5.92. The van der Waals surface area contributed by atoms with Crippen molar-refractivity contribution in [3.63, 3.8) is 0 Å². The maximum Gasteiger partial charge on any atom is 0.321 e. The van der Waals surface area contributed by atoms with Crippen LogP contribution in [0.1, 0.15) is 24.2 Å². The third-order valence-electron chi connectivity index (χ3n) is 3.91. The topological polar surface area (TPSA) is 83.3 Å². The standard InChI is InChI=1S/C16H21N5O2/c1-11-8-12(2)21(19-11)15-6-5-13(9-17-15)18-16(23)20-7-3-4-14(22)10-20/h5-6,8-9,14,22H,3-4,7,10H2,1-2H3,(H,18,23). The number of pyridine rings is 1. The van der Waals surface area contributed by atoms with E-state index < -0.39 is 6.10 Å². The Morgan fingerprint density at radius 1 is 1.39 bits per heavy atom. The molecule has 2 amide bonds. The Morgan fingerprint density at radius 3 is 2.83 bits per heavy atom. The average Bonchev–Trinajstić information content (AvgIpc) is 2.86. The van der Waals surface area contributed by atoms with Crippen LogP contribution < -0.4 is 5.32 Å². The Kier molecular flexibility index (Phi) is 4.29. The number of hydrogen-bond acceptors (Lipinski definition) is 4. The second kappa shape index (κ2) is 6.37. The van der Waals surface area contributed by atoms with Gasteiger partial charge in [0.1, 0.15) is 0 Å². The summed E-state index contributed by atoms with van der Waals surface area (Å²) in [5.74, 6) is 0.710. The van der Waals surface area contributed by atoms with Crippen molar-refractivity contribution in [2.24, 2.45) is 0 Å². The monoisotopic (exact) mass is 315 g/mol. The fourth-order valence-corrected chi connectivity index (χ4v) is 2.79. The van der Waals surface area contributed by atoms with Crippen LogP contribution in [0, 0.1) is 13.8 Å². The molecule has 1 atom stereocenters. The van der Waals surface area contributed by atoms with Gasteiger partial charge in [-0.1, -0.05) is 0 Å². The largest absolute Gasteiger partial charge is 0.391 e. The van der Waals surface area contributed by atoms with Crippen LogP contribution in [0.25, 0.3) is 5.82 Å². The smallest absolute Gasteiger partial charge is 0.321 e. The van der Waals surface area contributed by atoms with Crippen LogP contribution in [-0.2, 0) is 0 Å². The molecule has 0 aromatic carbocycles. The van der Waals surface area contributed by atoms with Crippen LogP contribution >= 0.6 is 0 Å². The van der Waals surface area contributed by atoms with Gasteiger partial charge in [-0.15, -0.1) is 0 Å². The summed E-state index contributed by atoms with van der Waals surface area (Å²) < 4.78 is 1.77. The van der Waals surface area contributed by atoms with Crippen molar-refractivity contribution in [3.05, 3.63) is 35.8 Å². The van der Waals surface area contributed by atoms with Crippen molar-refractivity contribution in [1.29, 1.82) is 0 Å². The molecule has 0 spiro atoms. The summed E-state index contributed by atoms with van der Waals surface area (Å²) in [5, 5.41) is 16.8. The Bertz CT molecular complexity index is 695. The number of likely N-dealkylation sites (tertiary alicyclic amines) is 1. The lowest BCUT2D eigenvalue weighted by atomic mass is 10.1. The summed E-state index contributed by atoms with van der Waals surface area (Å²) in [5.41, 5.74) is 2.57. The Morgan fingerprint density at radius 2 is 2.22 bits per heavy atom. The zero-order valence-corrected chi connectivity index (χ0v) is 13.4. The molecule has 1 unspecified atom stereocenters. The molecule has 0 saturated carbocycles. The first-order chi connectivity index (χ1) is 11.0. The van der Waals surface area contributed by atoms with E-state index in [0.717, 1.165) is 24.2 Å². The van der Waals surface area contributed by atoms with Crippen molar-refractivity contribution in [3.8, 4) is 5.82 Å². The molecule has 0 radical (unpaired) electrons. The molecule has 1 saturated heterocycles. The number of aliphatic hydroxyl groups is 1. The van der Waals surface area contributed by atoms with Gasteiger partial charge in [0.25, 0.3) is 0 Å². The van der Waals surface area contributed by atoms with Gasteiger partial charge in [0.05, 0.1) is 23.7 Å². The average molecular weight is 315 g/mol. The highest BCUT2D eigenvalue weighted by atomic mass is 16.3. The van der Waals surface area contributed by atoms with Crippen molar-refractivity contribution in [2.75, 3.05) is 18.4 Å². The highest BCUT2D eigenvalue weighted by Gasteiger charge is 2.22. The number of aliphatic hydroxyl groups excluding tert-OH is 1. The normalized spacial score (nSPS) is 18.0. The van der Waals surface area contributed by atoms with Gasteiger partial charge in [0.15, 0.2) is 5.82 Å². The van der Waals surface area contributed by atoms with E-state index in [4.69, 9.17) is 0 Å². The summed E-state index contributed by atoms with van der Waals surface area (Å²) >= 11 is 0. The molecule has 1 fully saturated rings. The van der Waals surface area contributed by atoms with E-state index in [1.807, 2.05) is 26.0 Å². The Balaban J connectivity index is 1.68. The first kappa shape index (κ1) is 15.5. The minimum absolute atomic E-state index is 0.204. The van der Waals surface area contributed by atoms with Crippen molar-refractivity contribution in [1.82, 2.24) is 19.7 Å². The maximum atomic E-state index is 12.2. The lowest BCUT2D eigenvalue weighted by molar-refractivity contribution is 0.0883. The molecule has 1 aliphatic rings. The summed E-state index contributed by atoms with van der Waals surface area (Å²) in [6, 6.07) is 5.40. The fourth-order valence-electron chi connectivity index (χ4n) is 2.79. The highest BCUT2D eigenvalue weighted by molar-refractivity contribution is 5.89. The molecule has 1 aliphatic heterocycles. The molecular weight excluding hydrogens is 294 g/mol. The van der Waals surface area contributed by atoms with E-state index in [1.165, 1.54) is 0 Å². The number of anilines is 1. The molecule has 2 aromatic heterocycles. The van der Waals surface area contributed by atoms with Crippen LogP contribution in [0.3, 0.4) is 0 Å². The highest BCUT2D eigenvalue weighted by Crippen LogP contribution is 2.15. The molecule has 0 bridgehead atoms. The number of carbonyl (C=O) groups excluding carboxylic acids is 1. The summed E-state index contributed by atoms with van der Waals surface area (Å²) in [6.07, 6.45) is 2.76. The van der Waals surface area contributed by atoms with Gasteiger partial charge < -0.3 is 15.3 Å². The first-order valence-corrected chi connectivity index (χ1v) is 7.76. The molecule has 3 heterocycles. The van der Waals surface area contributed by atoms with E-state index in [0.29, 0.717) is 24.6 Å². The maximum absolute atomic E-state index is 12.2. The van der Waals surface area contributed by atoms with Crippen LogP contribution in [0.4, 0.5) is 10.5 Å². The molecule has 23 heavy (non-hydrogen) atoms. The van der Waals surface area contributed by atoms with Crippen molar-refractivity contribution < 1.29 is 9.90 Å². The second-order valence-electron chi connectivity index (χ2n) is 5.92. The van der Waals surface area contributed by atoms with Crippen LogP contribution in [0.5, 0.6) is 0 Å². The minimum atomic E-state index is -0.430.